The average molecular weight is 428 g/mol. The van der Waals surface area contributed by atoms with Crippen LogP contribution in [-0.2, 0) is 6.42 Å². The number of hydrogen-bond acceptors (Lipinski definition) is 3. The maximum atomic E-state index is 13.1. The van der Waals surface area contributed by atoms with E-state index in [2.05, 4.69) is 6.92 Å². The summed E-state index contributed by atoms with van der Waals surface area (Å²) in [5, 5.41) is 0.636. The van der Waals surface area contributed by atoms with Crippen LogP contribution in [0.2, 0.25) is 5.02 Å². The lowest BCUT2D eigenvalue weighted by atomic mass is 10.0. The van der Waals surface area contributed by atoms with E-state index in [0.29, 0.717) is 16.5 Å². The smallest absolute Gasteiger partial charge is 0.362 e. The van der Waals surface area contributed by atoms with Gasteiger partial charge in [-0.05, 0) is 42.3 Å². The second-order valence-electron chi connectivity index (χ2n) is 7.22. The van der Waals surface area contributed by atoms with Gasteiger partial charge in [-0.15, -0.1) is 0 Å². The maximum absolute atomic E-state index is 13.1. The summed E-state index contributed by atoms with van der Waals surface area (Å²) in [4.78, 5) is 17.9. The molecule has 0 radical (unpaired) electrons. The highest BCUT2D eigenvalue weighted by Gasteiger charge is 2.15. The molecule has 4 rings (SSSR count). The van der Waals surface area contributed by atoms with E-state index in [1.165, 1.54) is 0 Å². The van der Waals surface area contributed by atoms with E-state index in [1.54, 1.807) is 12.1 Å². The molecule has 0 atom stereocenters. The molecule has 0 aliphatic rings. The summed E-state index contributed by atoms with van der Waals surface area (Å²) in [6, 6.07) is 28.9. The SMILES string of the molecule is CCCc1cc(-c2ccc(Cl)cc2)oc(=O)c1N=C(c1ccccc1)c1ccccc1. The van der Waals surface area contributed by atoms with Gasteiger partial charge in [0.05, 0.1) is 5.71 Å². The summed E-state index contributed by atoms with van der Waals surface area (Å²) in [7, 11) is 0. The first kappa shape index (κ1) is 20.8. The molecule has 0 amide bonds. The maximum Gasteiger partial charge on any atom is 0.362 e. The average Bonchev–Trinajstić information content (AvgIpc) is 2.80. The standard InChI is InChI=1S/C27H22ClNO2/c1-2-9-22-18-24(19-14-16-23(28)17-15-19)31-27(30)26(22)29-25(20-10-5-3-6-11-20)21-12-7-4-8-13-21/h3-8,10-18H,2,9H2,1H3. The number of hydrogen-bond donors (Lipinski definition) is 0. The first-order valence-electron chi connectivity index (χ1n) is 10.3. The molecular formula is C27H22ClNO2. The van der Waals surface area contributed by atoms with Crippen molar-refractivity contribution in [3.63, 3.8) is 0 Å². The van der Waals surface area contributed by atoms with E-state index < -0.39 is 5.63 Å². The third kappa shape index (κ3) is 4.84. The van der Waals surface area contributed by atoms with E-state index in [9.17, 15) is 4.79 Å². The Hall–Kier alpha value is -3.43. The van der Waals surface area contributed by atoms with Crippen molar-refractivity contribution in [3.05, 3.63) is 123 Å². The Morgan fingerprint density at radius 3 is 2.00 bits per heavy atom. The van der Waals surface area contributed by atoms with E-state index in [0.717, 1.165) is 40.8 Å². The minimum absolute atomic E-state index is 0.349. The molecule has 31 heavy (non-hydrogen) atoms. The van der Waals surface area contributed by atoms with Gasteiger partial charge in [0, 0.05) is 21.7 Å². The third-order valence-electron chi connectivity index (χ3n) is 4.97. The van der Waals surface area contributed by atoms with E-state index >= 15 is 0 Å². The topological polar surface area (TPSA) is 42.6 Å². The third-order valence-corrected chi connectivity index (χ3v) is 5.22. The van der Waals surface area contributed by atoms with Crippen LogP contribution < -0.4 is 5.63 Å². The molecule has 0 bridgehead atoms. The molecule has 3 nitrogen and oxygen atoms in total. The van der Waals surface area contributed by atoms with Crippen molar-refractivity contribution in [1.29, 1.82) is 0 Å². The van der Waals surface area contributed by atoms with Crippen molar-refractivity contribution in [3.8, 4) is 11.3 Å². The summed E-state index contributed by atoms with van der Waals surface area (Å²) in [5.74, 6) is 0.519. The summed E-state index contributed by atoms with van der Waals surface area (Å²) >= 11 is 6.00. The van der Waals surface area contributed by atoms with Crippen LogP contribution in [0.4, 0.5) is 5.69 Å². The summed E-state index contributed by atoms with van der Waals surface area (Å²) < 4.78 is 5.69. The molecular weight excluding hydrogens is 406 g/mol. The van der Waals surface area contributed by atoms with Crippen LogP contribution in [0.5, 0.6) is 0 Å². The first-order valence-corrected chi connectivity index (χ1v) is 10.7. The van der Waals surface area contributed by atoms with Crippen LogP contribution >= 0.6 is 11.6 Å². The fourth-order valence-electron chi connectivity index (χ4n) is 3.47. The number of aryl methyl sites for hydroxylation is 1. The highest BCUT2D eigenvalue weighted by molar-refractivity contribution is 6.30. The number of halogens is 1. The Morgan fingerprint density at radius 2 is 1.45 bits per heavy atom. The second-order valence-corrected chi connectivity index (χ2v) is 7.66. The molecule has 0 unspecified atom stereocenters. The highest BCUT2D eigenvalue weighted by atomic mass is 35.5. The summed E-state index contributed by atoms with van der Waals surface area (Å²) in [6.07, 6.45) is 1.61. The van der Waals surface area contributed by atoms with E-state index in [-0.39, 0.29) is 0 Å². The molecule has 0 saturated carbocycles. The van der Waals surface area contributed by atoms with Crippen LogP contribution in [0.15, 0.2) is 105 Å². The lowest BCUT2D eigenvalue weighted by Crippen LogP contribution is -2.08. The molecule has 0 spiro atoms. The number of rotatable bonds is 6. The molecule has 1 aromatic heterocycles. The lowest BCUT2D eigenvalue weighted by Gasteiger charge is -2.11. The fraction of sp³-hybridized carbons (Fsp3) is 0.111. The number of benzene rings is 3. The molecule has 0 N–H and O–H groups in total. The van der Waals surface area contributed by atoms with Crippen LogP contribution in [0, 0.1) is 0 Å². The zero-order chi connectivity index (χ0) is 21.6. The van der Waals surface area contributed by atoms with Crippen molar-refractivity contribution in [2.45, 2.75) is 19.8 Å². The van der Waals surface area contributed by atoms with Crippen molar-refractivity contribution in [2.24, 2.45) is 4.99 Å². The highest BCUT2D eigenvalue weighted by Crippen LogP contribution is 2.27. The fourth-order valence-corrected chi connectivity index (χ4v) is 3.59. The zero-order valence-electron chi connectivity index (χ0n) is 17.2. The molecule has 3 aromatic carbocycles. The molecule has 154 valence electrons. The Balaban J connectivity index is 1.89. The zero-order valence-corrected chi connectivity index (χ0v) is 18.0. The molecule has 0 aliphatic heterocycles. The van der Waals surface area contributed by atoms with Crippen LogP contribution in [-0.4, -0.2) is 5.71 Å². The normalized spacial score (nSPS) is 10.6. The van der Waals surface area contributed by atoms with Crippen molar-refractivity contribution in [2.75, 3.05) is 0 Å². The van der Waals surface area contributed by atoms with Crippen molar-refractivity contribution >= 4 is 23.0 Å². The quantitative estimate of drug-likeness (QED) is 0.308. The van der Waals surface area contributed by atoms with Gasteiger partial charge in [0.1, 0.15) is 5.76 Å². The van der Waals surface area contributed by atoms with Crippen molar-refractivity contribution < 1.29 is 4.42 Å². The monoisotopic (exact) mass is 427 g/mol. The summed E-state index contributed by atoms with van der Waals surface area (Å²) in [5.41, 5.74) is 4.20. The Morgan fingerprint density at radius 1 is 0.871 bits per heavy atom. The van der Waals surface area contributed by atoms with E-state index in [1.807, 2.05) is 78.9 Å². The Labute approximate surface area is 186 Å². The van der Waals surface area contributed by atoms with Gasteiger partial charge in [0.2, 0.25) is 0 Å². The molecule has 0 fully saturated rings. The minimum Gasteiger partial charge on any atom is -0.421 e. The predicted molar refractivity (Wildman–Crippen MR) is 128 cm³/mol. The molecule has 4 aromatic rings. The number of aliphatic imine (C=N–C) groups is 1. The van der Waals surface area contributed by atoms with Gasteiger partial charge in [-0.1, -0.05) is 85.6 Å². The van der Waals surface area contributed by atoms with Gasteiger partial charge in [-0.25, -0.2) is 9.79 Å². The van der Waals surface area contributed by atoms with Crippen LogP contribution in [0.1, 0.15) is 30.0 Å². The number of nitrogens with zero attached hydrogens (tertiary/aromatic N) is 1. The molecule has 4 heteroatoms. The largest absolute Gasteiger partial charge is 0.421 e. The second kappa shape index (κ2) is 9.59. The predicted octanol–water partition coefficient (Wildman–Crippen LogP) is 7.08. The van der Waals surface area contributed by atoms with Crippen LogP contribution in [0.3, 0.4) is 0 Å². The van der Waals surface area contributed by atoms with Gasteiger partial charge in [-0.2, -0.15) is 0 Å². The van der Waals surface area contributed by atoms with Gasteiger partial charge < -0.3 is 4.42 Å². The lowest BCUT2D eigenvalue weighted by molar-refractivity contribution is 0.525. The van der Waals surface area contributed by atoms with Gasteiger partial charge in [0.25, 0.3) is 0 Å². The van der Waals surface area contributed by atoms with Gasteiger partial charge >= 0.3 is 5.63 Å². The first-order chi connectivity index (χ1) is 15.2. The van der Waals surface area contributed by atoms with Crippen LogP contribution in [0.25, 0.3) is 11.3 Å². The minimum atomic E-state index is -0.444. The Bertz CT molecular complexity index is 1200. The van der Waals surface area contributed by atoms with Crippen molar-refractivity contribution in [1.82, 2.24) is 0 Å². The van der Waals surface area contributed by atoms with Gasteiger partial charge in [0.15, 0.2) is 5.69 Å². The molecule has 0 aliphatic carbocycles. The molecule has 0 saturated heterocycles. The molecule has 1 heterocycles. The Kier molecular flexibility index (Phi) is 6.44. The van der Waals surface area contributed by atoms with E-state index in [4.69, 9.17) is 21.0 Å². The summed E-state index contributed by atoms with van der Waals surface area (Å²) in [6.45, 7) is 2.08. The van der Waals surface area contributed by atoms with Gasteiger partial charge in [-0.3, -0.25) is 0 Å².